The first-order valence-corrected chi connectivity index (χ1v) is 7.63. The molecule has 4 saturated carbocycles. The van der Waals surface area contributed by atoms with E-state index in [4.69, 9.17) is 5.73 Å². The van der Waals surface area contributed by atoms with E-state index in [2.05, 4.69) is 20.5 Å². The van der Waals surface area contributed by atoms with Crippen molar-refractivity contribution in [3.63, 3.8) is 0 Å². The van der Waals surface area contributed by atoms with Gasteiger partial charge in [-0.1, -0.05) is 0 Å². The highest BCUT2D eigenvalue weighted by Gasteiger charge is 2.50. The van der Waals surface area contributed by atoms with Crippen LogP contribution in [0.2, 0.25) is 0 Å². The van der Waals surface area contributed by atoms with Gasteiger partial charge in [-0.05, 0) is 68.1 Å². The normalized spacial score (nSPS) is 39.7. The van der Waals surface area contributed by atoms with E-state index in [-0.39, 0.29) is 0 Å². The monoisotopic (exact) mass is 261 g/mol. The molecule has 1 heterocycles. The predicted octanol–water partition coefficient (Wildman–Crippen LogP) is 2.41. The molecule has 0 unspecified atom stereocenters. The van der Waals surface area contributed by atoms with Crippen LogP contribution in [0.3, 0.4) is 0 Å². The lowest BCUT2D eigenvalue weighted by molar-refractivity contribution is -0.0552. The number of hydrogen-bond acceptors (Lipinski definition) is 4. The molecule has 1 aromatic heterocycles. The maximum Gasteiger partial charge on any atom is 0.243 e. The second-order valence-electron chi connectivity index (χ2n) is 7.14. The molecule has 1 aromatic rings. The Balaban J connectivity index is 1.37. The molecule has 0 amide bonds. The number of H-pyrrole nitrogens is 1. The lowest BCUT2D eigenvalue weighted by atomic mass is 9.49. The number of nitrogens with two attached hydrogens (primary N) is 1. The molecule has 0 radical (unpaired) electrons. The second kappa shape index (κ2) is 4.12. The summed E-state index contributed by atoms with van der Waals surface area (Å²) in [4.78, 5) is 4.09. The Morgan fingerprint density at radius 1 is 1.16 bits per heavy atom. The van der Waals surface area contributed by atoms with Crippen molar-refractivity contribution in [2.75, 3.05) is 17.6 Å². The van der Waals surface area contributed by atoms with Gasteiger partial charge in [0.2, 0.25) is 11.9 Å². The van der Waals surface area contributed by atoms with Crippen LogP contribution in [0.5, 0.6) is 0 Å². The van der Waals surface area contributed by atoms with Crippen LogP contribution in [0.4, 0.5) is 11.9 Å². The quantitative estimate of drug-likeness (QED) is 0.777. The lowest BCUT2D eigenvalue weighted by Crippen LogP contribution is -2.46. The summed E-state index contributed by atoms with van der Waals surface area (Å²) in [5, 5.41) is 10.0. The number of aromatic amines is 1. The smallest absolute Gasteiger partial charge is 0.243 e. The summed E-state index contributed by atoms with van der Waals surface area (Å²) in [6, 6.07) is 0. The van der Waals surface area contributed by atoms with Gasteiger partial charge in [0.25, 0.3) is 0 Å². The summed E-state index contributed by atoms with van der Waals surface area (Å²) in [6.07, 6.45) is 10.2. The Kier molecular flexibility index (Phi) is 2.50. The summed E-state index contributed by atoms with van der Waals surface area (Å²) < 4.78 is 0. The largest absolute Gasteiger partial charge is 0.368 e. The third kappa shape index (κ3) is 2.09. The van der Waals surface area contributed by atoms with Crippen molar-refractivity contribution in [2.45, 2.75) is 44.9 Å². The fraction of sp³-hybridized carbons (Fsp3) is 0.857. The number of aromatic nitrogens is 3. The number of anilines is 2. The molecular weight excluding hydrogens is 238 g/mol. The fourth-order valence-corrected chi connectivity index (χ4v) is 5.39. The molecule has 4 bridgehead atoms. The van der Waals surface area contributed by atoms with Crippen molar-refractivity contribution < 1.29 is 0 Å². The van der Waals surface area contributed by atoms with Crippen LogP contribution in [0.25, 0.3) is 0 Å². The summed E-state index contributed by atoms with van der Waals surface area (Å²) in [5.41, 5.74) is 6.16. The van der Waals surface area contributed by atoms with Gasteiger partial charge in [-0.25, -0.2) is 5.10 Å². The van der Waals surface area contributed by atoms with Gasteiger partial charge in [-0.2, -0.15) is 4.98 Å². The minimum atomic E-state index is 0.386. The maximum absolute atomic E-state index is 5.53. The molecule has 4 aliphatic rings. The standard InChI is InChI=1S/C14H23N5/c15-12-17-13(19-18-12)16-2-1-14-6-9-3-10(7-14)5-11(4-9)8-14/h9-11H,1-8H2,(H4,15,16,17,18,19). The Morgan fingerprint density at radius 2 is 1.79 bits per heavy atom. The third-order valence-electron chi connectivity index (χ3n) is 5.61. The molecule has 19 heavy (non-hydrogen) atoms. The first kappa shape index (κ1) is 11.6. The van der Waals surface area contributed by atoms with E-state index < -0.39 is 0 Å². The minimum absolute atomic E-state index is 0.386. The maximum atomic E-state index is 5.53. The van der Waals surface area contributed by atoms with Gasteiger partial charge in [0.1, 0.15) is 0 Å². The molecule has 0 atom stereocenters. The van der Waals surface area contributed by atoms with E-state index in [0.29, 0.717) is 17.3 Å². The Labute approximate surface area is 113 Å². The van der Waals surface area contributed by atoms with Gasteiger partial charge in [-0.3, -0.25) is 0 Å². The topological polar surface area (TPSA) is 79.6 Å². The van der Waals surface area contributed by atoms with Crippen LogP contribution in [-0.4, -0.2) is 21.7 Å². The molecule has 5 heteroatoms. The molecule has 0 saturated heterocycles. The number of nitrogens with zero attached hydrogens (tertiary/aromatic N) is 2. The molecule has 4 N–H and O–H groups in total. The van der Waals surface area contributed by atoms with Gasteiger partial charge < -0.3 is 11.1 Å². The molecule has 0 aromatic carbocycles. The van der Waals surface area contributed by atoms with Gasteiger partial charge >= 0.3 is 0 Å². The van der Waals surface area contributed by atoms with E-state index >= 15 is 0 Å². The summed E-state index contributed by atoms with van der Waals surface area (Å²) >= 11 is 0. The molecular formula is C14H23N5. The molecule has 0 aliphatic heterocycles. The molecule has 5 nitrogen and oxygen atoms in total. The zero-order valence-corrected chi connectivity index (χ0v) is 11.4. The average molecular weight is 261 g/mol. The minimum Gasteiger partial charge on any atom is -0.368 e. The van der Waals surface area contributed by atoms with Crippen LogP contribution in [0.15, 0.2) is 0 Å². The summed E-state index contributed by atoms with van der Waals surface area (Å²) in [5.74, 6) is 4.13. The Hall–Kier alpha value is -1.26. The first-order valence-electron chi connectivity index (χ1n) is 7.63. The van der Waals surface area contributed by atoms with E-state index in [1.807, 2.05) is 0 Å². The summed E-state index contributed by atoms with van der Waals surface area (Å²) in [7, 11) is 0. The Morgan fingerprint density at radius 3 is 2.32 bits per heavy atom. The van der Waals surface area contributed by atoms with E-state index in [1.54, 1.807) is 0 Å². The molecule has 4 aliphatic carbocycles. The van der Waals surface area contributed by atoms with Crippen LogP contribution in [0, 0.1) is 23.2 Å². The number of nitrogen functional groups attached to an aromatic ring is 1. The van der Waals surface area contributed by atoms with Gasteiger partial charge in [0, 0.05) is 6.54 Å². The molecule has 0 spiro atoms. The zero-order chi connectivity index (χ0) is 12.9. The van der Waals surface area contributed by atoms with E-state index in [0.717, 1.165) is 24.3 Å². The zero-order valence-electron chi connectivity index (χ0n) is 11.4. The average Bonchev–Trinajstić information content (AvgIpc) is 2.73. The first-order chi connectivity index (χ1) is 9.21. The third-order valence-corrected chi connectivity index (χ3v) is 5.61. The van der Waals surface area contributed by atoms with Crippen molar-refractivity contribution in [2.24, 2.45) is 23.2 Å². The van der Waals surface area contributed by atoms with Crippen molar-refractivity contribution in [1.29, 1.82) is 0 Å². The van der Waals surface area contributed by atoms with Crippen LogP contribution >= 0.6 is 0 Å². The fourth-order valence-electron chi connectivity index (χ4n) is 5.39. The molecule has 5 rings (SSSR count). The van der Waals surface area contributed by atoms with Crippen LogP contribution in [-0.2, 0) is 0 Å². The SMILES string of the molecule is Nc1nc(NCCC23CC4CC(CC(C4)C2)C3)n[nH]1. The summed E-state index contributed by atoms with van der Waals surface area (Å²) in [6.45, 7) is 0.976. The molecule has 4 fully saturated rings. The van der Waals surface area contributed by atoms with E-state index in [9.17, 15) is 0 Å². The number of nitrogens with one attached hydrogen (secondary N) is 2. The van der Waals surface area contributed by atoms with Gasteiger partial charge in [0.05, 0.1) is 0 Å². The van der Waals surface area contributed by atoms with Crippen LogP contribution in [0.1, 0.15) is 44.9 Å². The van der Waals surface area contributed by atoms with E-state index in [1.165, 1.54) is 44.9 Å². The van der Waals surface area contributed by atoms with Crippen molar-refractivity contribution in [3.8, 4) is 0 Å². The van der Waals surface area contributed by atoms with Crippen molar-refractivity contribution in [1.82, 2.24) is 15.2 Å². The molecule has 104 valence electrons. The van der Waals surface area contributed by atoms with Crippen molar-refractivity contribution in [3.05, 3.63) is 0 Å². The second-order valence-corrected chi connectivity index (χ2v) is 7.14. The van der Waals surface area contributed by atoms with Gasteiger partial charge in [0.15, 0.2) is 0 Å². The van der Waals surface area contributed by atoms with Crippen LogP contribution < -0.4 is 11.1 Å². The van der Waals surface area contributed by atoms with Gasteiger partial charge in [-0.15, -0.1) is 5.10 Å². The Bertz CT molecular complexity index is 431. The number of hydrogen-bond donors (Lipinski definition) is 3. The lowest BCUT2D eigenvalue weighted by Gasteiger charge is -2.57. The predicted molar refractivity (Wildman–Crippen MR) is 74.5 cm³/mol. The highest BCUT2D eigenvalue weighted by atomic mass is 15.3. The highest BCUT2D eigenvalue weighted by molar-refractivity contribution is 5.29. The van der Waals surface area contributed by atoms with Crippen molar-refractivity contribution >= 4 is 11.9 Å². The number of rotatable bonds is 4. The highest BCUT2D eigenvalue weighted by Crippen LogP contribution is 2.61.